The summed E-state index contributed by atoms with van der Waals surface area (Å²) in [6.07, 6.45) is 3.77. The molecule has 1 atom stereocenters. The van der Waals surface area contributed by atoms with Gasteiger partial charge in [-0.2, -0.15) is 0 Å². The van der Waals surface area contributed by atoms with Crippen LogP contribution in [0, 0.1) is 11.7 Å². The van der Waals surface area contributed by atoms with Crippen LogP contribution in [0.2, 0.25) is 0 Å². The summed E-state index contributed by atoms with van der Waals surface area (Å²) in [6.45, 7) is 3.48. The van der Waals surface area contributed by atoms with Gasteiger partial charge in [-0.25, -0.2) is 9.37 Å². The summed E-state index contributed by atoms with van der Waals surface area (Å²) < 4.78 is 15.5. The normalized spacial score (nSPS) is 16.9. The van der Waals surface area contributed by atoms with Gasteiger partial charge in [-0.15, -0.1) is 0 Å². The Morgan fingerprint density at radius 3 is 2.75 bits per heavy atom. The molecular weight excluding hydrogens is 359 g/mol. The molecule has 3 aromatic rings. The van der Waals surface area contributed by atoms with Gasteiger partial charge in [-0.05, 0) is 43.0 Å². The molecule has 1 aliphatic heterocycles. The third kappa shape index (κ3) is 3.35. The highest BCUT2D eigenvalue weighted by Gasteiger charge is 2.28. The van der Waals surface area contributed by atoms with E-state index < -0.39 is 11.7 Å². The molecule has 1 unspecified atom stereocenters. The van der Waals surface area contributed by atoms with Gasteiger partial charge in [0.05, 0.1) is 11.2 Å². The fraction of sp³-hybridized carbons (Fsp3) is 0.286. The van der Waals surface area contributed by atoms with Crippen LogP contribution in [-0.2, 0) is 0 Å². The predicted molar refractivity (Wildman–Crippen MR) is 104 cm³/mol. The van der Waals surface area contributed by atoms with Crippen molar-refractivity contribution in [1.29, 1.82) is 0 Å². The maximum Gasteiger partial charge on any atom is 0.290 e. The van der Waals surface area contributed by atoms with Crippen molar-refractivity contribution >= 4 is 23.0 Å². The molecule has 1 saturated heterocycles. The fourth-order valence-electron chi connectivity index (χ4n) is 3.62. The molecule has 4 rings (SSSR count). The Hall–Kier alpha value is -3.22. The van der Waals surface area contributed by atoms with Crippen LogP contribution in [0.15, 0.2) is 48.7 Å². The second kappa shape index (κ2) is 7.42. The summed E-state index contributed by atoms with van der Waals surface area (Å²) in [7, 11) is 0. The van der Waals surface area contributed by atoms with Crippen molar-refractivity contribution in [3.63, 3.8) is 0 Å². The largest absolute Gasteiger partial charge is 0.336 e. The molecule has 28 heavy (non-hydrogen) atoms. The molecule has 7 heteroatoms. The van der Waals surface area contributed by atoms with Crippen LogP contribution in [-0.4, -0.2) is 39.2 Å². The van der Waals surface area contributed by atoms with E-state index in [1.54, 1.807) is 45.8 Å². The molecule has 2 aromatic heterocycles. The smallest absolute Gasteiger partial charge is 0.290 e. The predicted octanol–water partition coefficient (Wildman–Crippen LogP) is 3.60. The first-order valence-electron chi connectivity index (χ1n) is 9.37. The highest BCUT2D eigenvalue weighted by molar-refractivity contribution is 6.09. The van der Waals surface area contributed by atoms with Crippen molar-refractivity contribution in [2.45, 2.75) is 19.8 Å². The second-order valence-corrected chi connectivity index (χ2v) is 7.17. The lowest BCUT2D eigenvalue weighted by Gasteiger charge is -2.30. The number of anilines is 1. The number of imidazole rings is 1. The van der Waals surface area contributed by atoms with Gasteiger partial charge < -0.3 is 10.2 Å². The topological polar surface area (TPSA) is 66.7 Å². The molecule has 0 radical (unpaired) electrons. The van der Waals surface area contributed by atoms with Gasteiger partial charge in [0.15, 0.2) is 5.69 Å². The summed E-state index contributed by atoms with van der Waals surface area (Å²) in [5.41, 5.74) is 0.671. The first-order chi connectivity index (χ1) is 13.5. The molecule has 1 aliphatic rings. The summed E-state index contributed by atoms with van der Waals surface area (Å²) in [5, 5.41) is 2.54. The number of hydrogen-bond acceptors (Lipinski definition) is 3. The van der Waals surface area contributed by atoms with E-state index in [0.29, 0.717) is 24.5 Å². The summed E-state index contributed by atoms with van der Waals surface area (Å²) in [6, 6.07) is 11.2. The molecule has 1 fully saturated rings. The maximum absolute atomic E-state index is 13.9. The van der Waals surface area contributed by atoms with E-state index in [1.807, 2.05) is 0 Å². The van der Waals surface area contributed by atoms with Gasteiger partial charge >= 0.3 is 0 Å². The van der Waals surface area contributed by atoms with E-state index in [4.69, 9.17) is 0 Å². The summed E-state index contributed by atoms with van der Waals surface area (Å²) >= 11 is 0. The number of rotatable bonds is 3. The average molecular weight is 380 g/mol. The molecule has 0 aliphatic carbocycles. The lowest BCUT2D eigenvalue weighted by molar-refractivity contribution is 0.0670. The van der Waals surface area contributed by atoms with Crippen LogP contribution >= 0.6 is 0 Å². The Labute approximate surface area is 162 Å². The molecule has 144 valence electrons. The molecule has 0 saturated carbocycles. The Balaban J connectivity index is 1.69. The Morgan fingerprint density at radius 1 is 1.18 bits per heavy atom. The molecule has 0 bridgehead atoms. The zero-order valence-corrected chi connectivity index (χ0v) is 15.6. The van der Waals surface area contributed by atoms with Gasteiger partial charge in [-0.3, -0.25) is 14.0 Å². The zero-order chi connectivity index (χ0) is 19.7. The number of pyridine rings is 1. The highest BCUT2D eigenvalue weighted by atomic mass is 19.1. The number of fused-ring (bicyclic) bond motifs is 1. The first-order valence-corrected chi connectivity index (χ1v) is 9.37. The maximum atomic E-state index is 13.9. The second-order valence-electron chi connectivity index (χ2n) is 7.17. The average Bonchev–Trinajstić information content (AvgIpc) is 3.09. The van der Waals surface area contributed by atoms with Crippen molar-refractivity contribution in [2.75, 3.05) is 18.4 Å². The van der Waals surface area contributed by atoms with Crippen molar-refractivity contribution in [3.8, 4) is 0 Å². The zero-order valence-electron chi connectivity index (χ0n) is 15.6. The number of carbonyl (C=O) groups excluding carboxylic acids is 2. The number of para-hydroxylation sites is 1. The lowest BCUT2D eigenvalue weighted by Crippen LogP contribution is -2.39. The van der Waals surface area contributed by atoms with Crippen LogP contribution < -0.4 is 5.32 Å². The minimum absolute atomic E-state index is 0.0716. The van der Waals surface area contributed by atoms with Crippen LogP contribution in [0.5, 0.6) is 0 Å². The minimum atomic E-state index is -0.556. The molecular formula is C21H21FN4O2. The van der Waals surface area contributed by atoms with Gasteiger partial charge in [-0.1, -0.05) is 25.1 Å². The van der Waals surface area contributed by atoms with E-state index in [9.17, 15) is 14.0 Å². The number of carbonyl (C=O) groups is 2. The van der Waals surface area contributed by atoms with E-state index in [1.165, 1.54) is 12.1 Å². The third-order valence-corrected chi connectivity index (χ3v) is 5.02. The number of aromatic nitrogens is 2. The summed E-state index contributed by atoms with van der Waals surface area (Å²) in [4.78, 5) is 32.0. The Bertz CT molecular complexity index is 1050. The van der Waals surface area contributed by atoms with Crippen LogP contribution in [0.1, 0.15) is 40.9 Å². The number of nitrogens with zero attached hydrogens (tertiary/aromatic N) is 3. The Kier molecular flexibility index (Phi) is 4.81. The molecule has 6 nitrogen and oxygen atoms in total. The standard InChI is InChI=1S/C21H21FN4O2/c1-14-7-6-11-25(13-14)21(28)19-24-18(17-10-4-5-12-26(17)19)20(27)23-16-9-3-2-8-15(16)22/h2-5,8-10,12,14H,6-7,11,13H2,1H3,(H,23,27). The Morgan fingerprint density at radius 2 is 1.96 bits per heavy atom. The number of piperidine rings is 1. The number of likely N-dealkylation sites (tertiary alicyclic amines) is 1. The first kappa shape index (κ1) is 18.2. The van der Waals surface area contributed by atoms with E-state index in [0.717, 1.165) is 12.8 Å². The monoisotopic (exact) mass is 380 g/mol. The van der Waals surface area contributed by atoms with E-state index >= 15 is 0 Å². The van der Waals surface area contributed by atoms with Gasteiger partial charge in [0.25, 0.3) is 11.8 Å². The van der Waals surface area contributed by atoms with Gasteiger partial charge in [0.2, 0.25) is 5.82 Å². The van der Waals surface area contributed by atoms with Gasteiger partial charge in [0, 0.05) is 19.3 Å². The van der Waals surface area contributed by atoms with Crippen molar-refractivity contribution in [1.82, 2.24) is 14.3 Å². The third-order valence-electron chi connectivity index (χ3n) is 5.02. The highest BCUT2D eigenvalue weighted by Crippen LogP contribution is 2.21. The number of benzene rings is 1. The van der Waals surface area contributed by atoms with Crippen LogP contribution in [0.4, 0.5) is 10.1 Å². The quantitative estimate of drug-likeness (QED) is 0.755. The molecule has 2 amide bonds. The van der Waals surface area contributed by atoms with E-state index in [-0.39, 0.29) is 23.1 Å². The number of nitrogens with one attached hydrogen (secondary N) is 1. The van der Waals surface area contributed by atoms with Gasteiger partial charge in [0.1, 0.15) is 5.82 Å². The minimum Gasteiger partial charge on any atom is -0.336 e. The molecule has 1 aromatic carbocycles. The lowest BCUT2D eigenvalue weighted by atomic mass is 10.0. The van der Waals surface area contributed by atoms with Crippen molar-refractivity contribution in [3.05, 3.63) is 66.0 Å². The molecule has 0 spiro atoms. The molecule has 1 N–H and O–H groups in total. The summed E-state index contributed by atoms with van der Waals surface area (Å²) in [5.74, 6) is -0.647. The number of amides is 2. The van der Waals surface area contributed by atoms with Crippen molar-refractivity contribution < 1.29 is 14.0 Å². The van der Waals surface area contributed by atoms with Crippen molar-refractivity contribution in [2.24, 2.45) is 5.92 Å². The number of hydrogen-bond donors (Lipinski definition) is 1. The van der Waals surface area contributed by atoms with E-state index in [2.05, 4.69) is 17.2 Å². The van der Waals surface area contributed by atoms with Crippen LogP contribution in [0.25, 0.3) is 5.52 Å². The molecule has 3 heterocycles. The van der Waals surface area contributed by atoms with Crippen LogP contribution in [0.3, 0.4) is 0 Å². The fourth-order valence-corrected chi connectivity index (χ4v) is 3.62. The SMILES string of the molecule is CC1CCCN(C(=O)c2nc(C(=O)Nc3ccccc3F)c3ccccn23)C1. The number of halogens is 1.